The van der Waals surface area contributed by atoms with E-state index in [1.54, 1.807) is 18.2 Å². The van der Waals surface area contributed by atoms with Crippen molar-refractivity contribution in [2.75, 3.05) is 12.8 Å². The topological polar surface area (TPSA) is 169 Å². The van der Waals surface area contributed by atoms with Crippen LogP contribution in [0.4, 0.5) is 5.82 Å². The predicted octanol–water partition coefficient (Wildman–Crippen LogP) is 2.56. The lowest BCUT2D eigenvalue weighted by molar-refractivity contribution is 0.0693. The molecular weight excluding hydrogens is 420 g/mol. The molecule has 3 aromatic rings. The summed E-state index contributed by atoms with van der Waals surface area (Å²) < 4.78 is 10.6. The fourth-order valence-electron chi connectivity index (χ4n) is 3.17. The minimum absolute atomic E-state index is 0.00863. The summed E-state index contributed by atoms with van der Waals surface area (Å²) in [4.78, 5) is 50.1. The van der Waals surface area contributed by atoms with Gasteiger partial charge in [0.05, 0.1) is 12.7 Å². The molecule has 0 unspecified atom stereocenters. The standard InChI is InChI=1S/C22H18N2O8/c1-10-4-3-5-12(8-10)22(30)32-13-7-6-11(9-14(13)31-2)15-16(20(26)27)18(23)24-19(25)17(15)21(28)29/h3-9H,1-2H3,(H,26,27)(H,28,29)(H3,23,24,25). The van der Waals surface area contributed by atoms with Crippen LogP contribution in [0.15, 0.2) is 47.3 Å². The number of rotatable bonds is 6. The van der Waals surface area contributed by atoms with E-state index in [2.05, 4.69) is 0 Å². The number of aromatic amines is 1. The lowest BCUT2D eigenvalue weighted by atomic mass is 9.95. The predicted molar refractivity (Wildman–Crippen MR) is 114 cm³/mol. The normalized spacial score (nSPS) is 10.4. The van der Waals surface area contributed by atoms with E-state index in [9.17, 15) is 29.4 Å². The molecule has 0 aliphatic carbocycles. The highest BCUT2D eigenvalue weighted by Crippen LogP contribution is 2.36. The van der Waals surface area contributed by atoms with Gasteiger partial charge < -0.3 is 30.4 Å². The van der Waals surface area contributed by atoms with Crippen molar-refractivity contribution in [3.8, 4) is 22.6 Å². The smallest absolute Gasteiger partial charge is 0.343 e. The number of pyridine rings is 1. The Kier molecular flexibility index (Phi) is 5.97. The monoisotopic (exact) mass is 438 g/mol. The van der Waals surface area contributed by atoms with Gasteiger partial charge >= 0.3 is 17.9 Å². The molecule has 0 radical (unpaired) electrons. The fraction of sp³-hybridized carbons (Fsp3) is 0.0909. The molecule has 0 aliphatic heterocycles. The number of ether oxygens (including phenoxy) is 2. The van der Waals surface area contributed by atoms with Crippen LogP contribution in [0.25, 0.3) is 11.1 Å². The number of carboxylic acid groups (broad SMARTS) is 2. The van der Waals surface area contributed by atoms with Gasteiger partial charge in [0.1, 0.15) is 16.9 Å². The van der Waals surface area contributed by atoms with Crippen LogP contribution >= 0.6 is 0 Å². The second kappa shape index (κ2) is 8.64. The van der Waals surface area contributed by atoms with Gasteiger partial charge in [-0.1, -0.05) is 23.8 Å². The van der Waals surface area contributed by atoms with Crippen LogP contribution in [0.5, 0.6) is 11.5 Å². The van der Waals surface area contributed by atoms with E-state index >= 15 is 0 Å². The zero-order valence-corrected chi connectivity index (χ0v) is 17.0. The van der Waals surface area contributed by atoms with Gasteiger partial charge in [-0.05, 0) is 36.8 Å². The number of carboxylic acids is 2. The molecule has 10 heteroatoms. The molecule has 1 heterocycles. The summed E-state index contributed by atoms with van der Waals surface area (Å²) in [6.45, 7) is 1.82. The van der Waals surface area contributed by atoms with Crippen LogP contribution in [0.3, 0.4) is 0 Å². The molecule has 0 bridgehead atoms. The van der Waals surface area contributed by atoms with E-state index in [-0.39, 0.29) is 17.1 Å². The maximum Gasteiger partial charge on any atom is 0.343 e. The highest BCUT2D eigenvalue weighted by atomic mass is 16.6. The van der Waals surface area contributed by atoms with Crippen molar-refractivity contribution in [1.29, 1.82) is 0 Å². The van der Waals surface area contributed by atoms with Crippen LogP contribution in [-0.2, 0) is 0 Å². The van der Waals surface area contributed by atoms with E-state index < -0.39 is 46.0 Å². The Morgan fingerprint density at radius 1 is 0.969 bits per heavy atom. The summed E-state index contributed by atoms with van der Waals surface area (Å²) in [5.41, 5.74) is 3.96. The Bertz CT molecular complexity index is 1310. The Labute approximate surface area is 180 Å². The molecule has 32 heavy (non-hydrogen) atoms. The summed E-state index contributed by atoms with van der Waals surface area (Å²) >= 11 is 0. The van der Waals surface area contributed by atoms with Gasteiger partial charge in [0.2, 0.25) is 0 Å². The second-order valence-electron chi connectivity index (χ2n) is 6.73. The molecule has 0 amide bonds. The SMILES string of the molecule is COc1cc(-c2c(C(=O)O)c(N)[nH]c(=O)c2C(=O)O)ccc1OC(=O)c1cccc(C)c1. The summed E-state index contributed by atoms with van der Waals surface area (Å²) in [7, 11) is 1.28. The molecule has 0 saturated heterocycles. The molecule has 1 aromatic heterocycles. The first-order chi connectivity index (χ1) is 15.1. The van der Waals surface area contributed by atoms with E-state index in [1.165, 1.54) is 25.3 Å². The minimum atomic E-state index is -1.64. The highest BCUT2D eigenvalue weighted by molar-refractivity contribution is 6.07. The van der Waals surface area contributed by atoms with Crippen LogP contribution in [0, 0.1) is 6.92 Å². The fourth-order valence-corrected chi connectivity index (χ4v) is 3.17. The van der Waals surface area contributed by atoms with Crippen LogP contribution < -0.4 is 20.8 Å². The number of hydrogen-bond donors (Lipinski definition) is 4. The van der Waals surface area contributed by atoms with Crippen molar-refractivity contribution in [1.82, 2.24) is 4.98 Å². The van der Waals surface area contributed by atoms with E-state index in [4.69, 9.17) is 15.2 Å². The quantitative estimate of drug-likeness (QED) is 0.334. The largest absolute Gasteiger partial charge is 0.493 e. The average molecular weight is 438 g/mol. The van der Waals surface area contributed by atoms with Gasteiger partial charge in [0.15, 0.2) is 11.5 Å². The molecule has 0 spiro atoms. The van der Waals surface area contributed by atoms with Crippen LogP contribution in [-0.4, -0.2) is 40.2 Å². The van der Waals surface area contributed by atoms with Crippen molar-refractivity contribution >= 4 is 23.7 Å². The lowest BCUT2D eigenvalue weighted by Crippen LogP contribution is -2.24. The number of nitrogens with one attached hydrogen (secondary N) is 1. The first kappa shape index (κ1) is 22.1. The number of methoxy groups -OCH3 is 1. The number of H-pyrrole nitrogens is 1. The van der Waals surface area contributed by atoms with Crippen LogP contribution in [0.2, 0.25) is 0 Å². The van der Waals surface area contributed by atoms with Crippen molar-refractivity contribution in [2.45, 2.75) is 6.92 Å². The highest BCUT2D eigenvalue weighted by Gasteiger charge is 2.27. The third-order valence-corrected chi connectivity index (χ3v) is 4.58. The Morgan fingerprint density at radius 3 is 2.25 bits per heavy atom. The van der Waals surface area contributed by atoms with E-state index in [0.29, 0.717) is 5.56 Å². The number of benzene rings is 2. The molecule has 3 rings (SSSR count). The molecule has 5 N–H and O–H groups in total. The first-order valence-corrected chi connectivity index (χ1v) is 9.13. The average Bonchev–Trinajstić information content (AvgIpc) is 2.72. The molecule has 2 aromatic carbocycles. The number of esters is 1. The number of aryl methyl sites for hydroxylation is 1. The number of nitrogen functional groups attached to an aromatic ring is 1. The number of aromatic nitrogens is 1. The number of nitrogens with two attached hydrogens (primary N) is 1. The van der Waals surface area contributed by atoms with Gasteiger partial charge in [0.25, 0.3) is 5.56 Å². The molecule has 164 valence electrons. The number of hydrogen-bond acceptors (Lipinski definition) is 7. The Balaban J connectivity index is 2.14. The lowest BCUT2D eigenvalue weighted by Gasteiger charge is -2.15. The van der Waals surface area contributed by atoms with Crippen molar-refractivity contribution in [3.63, 3.8) is 0 Å². The number of anilines is 1. The summed E-state index contributed by atoms with van der Waals surface area (Å²) in [6, 6.07) is 10.6. The summed E-state index contributed by atoms with van der Waals surface area (Å²) in [5.74, 6) is -4.32. The Hall–Kier alpha value is -4.60. The molecule has 0 fully saturated rings. The van der Waals surface area contributed by atoms with Gasteiger partial charge in [-0.25, -0.2) is 14.4 Å². The number of aromatic carboxylic acids is 2. The molecule has 0 atom stereocenters. The van der Waals surface area contributed by atoms with Gasteiger partial charge in [0, 0.05) is 5.56 Å². The third kappa shape index (κ3) is 4.15. The maximum atomic E-state index is 12.5. The summed E-state index contributed by atoms with van der Waals surface area (Å²) in [5, 5.41) is 19.1. The maximum absolute atomic E-state index is 12.5. The zero-order valence-electron chi connectivity index (χ0n) is 17.0. The van der Waals surface area contributed by atoms with Gasteiger partial charge in [-0.2, -0.15) is 0 Å². The zero-order chi connectivity index (χ0) is 23.6. The van der Waals surface area contributed by atoms with Crippen molar-refractivity contribution < 1.29 is 34.1 Å². The van der Waals surface area contributed by atoms with E-state index in [1.807, 2.05) is 18.0 Å². The molecular formula is C22H18N2O8. The van der Waals surface area contributed by atoms with Gasteiger partial charge in [-0.3, -0.25) is 4.79 Å². The molecule has 0 saturated carbocycles. The number of carbonyl (C=O) groups excluding carboxylic acids is 1. The first-order valence-electron chi connectivity index (χ1n) is 9.13. The molecule has 0 aliphatic rings. The Morgan fingerprint density at radius 2 is 1.66 bits per heavy atom. The minimum Gasteiger partial charge on any atom is -0.493 e. The summed E-state index contributed by atoms with van der Waals surface area (Å²) in [6.07, 6.45) is 0. The third-order valence-electron chi connectivity index (χ3n) is 4.58. The van der Waals surface area contributed by atoms with Crippen molar-refractivity contribution in [3.05, 3.63) is 75.1 Å². The second-order valence-corrected chi connectivity index (χ2v) is 6.73. The van der Waals surface area contributed by atoms with Crippen LogP contribution in [0.1, 0.15) is 36.6 Å². The van der Waals surface area contributed by atoms with Crippen molar-refractivity contribution in [2.24, 2.45) is 0 Å². The van der Waals surface area contributed by atoms with E-state index in [0.717, 1.165) is 5.56 Å². The molecule has 10 nitrogen and oxygen atoms in total. The van der Waals surface area contributed by atoms with Gasteiger partial charge in [-0.15, -0.1) is 0 Å². The number of carbonyl (C=O) groups is 3.